The molecule has 112 valence electrons. The molecule has 0 fully saturated rings. The molecule has 0 heterocycles. The van der Waals surface area contributed by atoms with E-state index in [4.69, 9.17) is 4.74 Å². The van der Waals surface area contributed by atoms with Crippen molar-refractivity contribution in [2.24, 2.45) is 5.10 Å². The first kappa shape index (κ1) is 16.0. The third kappa shape index (κ3) is 4.56. The zero-order valence-corrected chi connectivity index (χ0v) is 13.4. The molecule has 5 heteroatoms. The maximum Gasteiger partial charge on any atom is 0.272 e. The number of carbonyl (C=O) groups excluding carboxylic acids is 1. The van der Waals surface area contributed by atoms with Crippen LogP contribution in [0.5, 0.6) is 5.75 Å². The first-order valence-electron chi connectivity index (χ1n) is 6.62. The smallest absolute Gasteiger partial charge is 0.272 e. The highest BCUT2D eigenvalue weighted by molar-refractivity contribution is 9.10. The van der Waals surface area contributed by atoms with Crippen LogP contribution in [0.15, 0.2) is 70.8 Å². The highest BCUT2D eigenvalue weighted by Crippen LogP contribution is 2.15. The van der Waals surface area contributed by atoms with Crippen LogP contribution in [0.2, 0.25) is 0 Å². The van der Waals surface area contributed by atoms with Crippen LogP contribution in [0, 0.1) is 0 Å². The SMILES string of the molecule is C=CCOc1ccc(/C=N/NC(=O)c2ccccc2Br)cc1. The lowest BCUT2D eigenvalue weighted by Crippen LogP contribution is -2.18. The number of amides is 1. The Hall–Kier alpha value is -2.40. The monoisotopic (exact) mass is 358 g/mol. The second-order valence-corrected chi connectivity index (χ2v) is 5.20. The topological polar surface area (TPSA) is 50.7 Å². The highest BCUT2D eigenvalue weighted by Gasteiger charge is 2.07. The van der Waals surface area contributed by atoms with Crippen LogP contribution in [0.1, 0.15) is 15.9 Å². The van der Waals surface area contributed by atoms with E-state index >= 15 is 0 Å². The fourth-order valence-corrected chi connectivity index (χ4v) is 2.14. The minimum Gasteiger partial charge on any atom is -0.490 e. The number of carbonyl (C=O) groups is 1. The van der Waals surface area contributed by atoms with Crippen LogP contribution < -0.4 is 10.2 Å². The average molecular weight is 359 g/mol. The quantitative estimate of drug-likeness (QED) is 0.485. The summed E-state index contributed by atoms with van der Waals surface area (Å²) in [7, 11) is 0. The number of hydrogen-bond acceptors (Lipinski definition) is 3. The van der Waals surface area contributed by atoms with E-state index in [-0.39, 0.29) is 5.91 Å². The Labute approximate surface area is 137 Å². The second kappa shape index (κ2) is 8.14. The van der Waals surface area contributed by atoms with Crippen molar-refractivity contribution in [2.45, 2.75) is 0 Å². The van der Waals surface area contributed by atoms with Gasteiger partial charge in [-0.2, -0.15) is 5.10 Å². The van der Waals surface area contributed by atoms with Gasteiger partial charge in [-0.05, 0) is 57.9 Å². The molecular weight excluding hydrogens is 344 g/mol. The molecule has 0 unspecified atom stereocenters. The van der Waals surface area contributed by atoms with Crippen molar-refractivity contribution in [3.05, 3.63) is 76.8 Å². The van der Waals surface area contributed by atoms with Crippen molar-refractivity contribution in [1.82, 2.24) is 5.43 Å². The summed E-state index contributed by atoms with van der Waals surface area (Å²) in [4.78, 5) is 11.9. The number of halogens is 1. The molecule has 0 radical (unpaired) electrons. The van der Waals surface area contributed by atoms with Gasteiger partial charge in [-0.25, -0.2) is 5.43 Å². The third-order valence-electron chi connectivity index (χ3n) is 2.75. The summed E-state index contributed by atoms with van der Waals surface area (Å²) >= 11 is 3.33. The number of hydrogen-bond donors (Lipinski definition) is 1. The minimum absolute atomic E-state index is 0.269. The standard InChI is InChI=1S/C17H15BrN2O2/c1-2-11-22-14-9-7-13(8-10-14)12-19-20-17(21)15-5-3-4-6-16(15)18/h2-10,12H,1,11H2,(H,20,21)/b19-12+. The van der Waals surface area contributed by atoms with Gasteiger partial charge in [0.1, 0.15) is 12.4 Å². The van der Waals surface area contributed by atoms with E-state index in [1.54, 1.807) is 30.5 Å². The van der Waals surface area contributed by atoms with Crippen molar-refractivity contribution in [3.8, 4) is 5.75 Å². The Kier molecular flexibility index (Phi) is 5.91. The molecule has 4 nitrogen and oxygen atoms in total. The molecule has 0 saturated carbocycles. The van der Waals surface area contributed by atoms with Gasteiger partial charge in [-0.15, -0.1) is 0 Å². The molecule has 1 amide bonds. The largest absolute Gasteiger partial charge is 0.490 e. The second-order valence-electron chi connectivity index (χ2n) is 4.35. The van der Waals surface area contributed by atoms with Gasteiger partial charge in [-0.1, -0.05) is 24.8 Å². The molecule has 0 aliphatic rings. The molecule has 0 atom stereocenters. The first-order valence-corrected chi connectivity index (χ1v) is 7.41. The van der Waals surface area contributed by atoms with E-state index in [0.717, 1.165) is 15.8 Å². The van der Waals surface area contributed by atoms with Crippen LogP contribution in [0.4, 0.5) is 0 Å². The molecule has 2 aromatic carbocycles. The van der Waals surface area contributed by atoms with E-state index in [2.05, 4.69) is 33.0 Å². The molecule has 0 spiro atoms. The van der Waals surface area contributed by atoms with Gasteiger partial charge < -0.3 is 4.74 Å². The molecule has 0 aliphatic heterocycles. The summed E-state index contributed by atoms with van der Waals surface area (Å²) in [5.41, 5.74) is 3.89. The molecule has 0 bridgehead atoms. The van der Waals surface area contributed by atoms with E-state index in [0.29, 0.717) is 12.2 Å². The summed E-state index contributed by atoms with van der Waals surface area (Å²) in [5, 5.41) is 3.95. The molecular formula is C17H15BrN2O2. The van der Waals surface area contributed by atoms with E-state index in [1.807, 2.05) is 30.3 Å². The van der Waals surface area contributed by atoms with E-state index in [9.17, 15) is 4.79 Å². The van der Waals surface area contributed by atoms with Gasteiger partial charge in [0.05, 0.1) is 11.8 Å². The molecule has 2 aromatic rings. The number of rotatable bonds is 6. The third-order valence-corrected chi connectivity index (χ3v) is 3.44. The van der Waals surface area contributed by atoms with E-state index < -0.39 is 0 Å². The number of benzene rings is 2. The predicted molar refractivity (Wildman–Crippen MR) is 91.3 cm³/mol. The normalized spacial score (nSPS) is 10.4. The predicted octanol–water partition coefficient (Wildman–Crippen LogP) is 3.78. The van der Waals surface area contributed by atoms with Gasteiger partial charge in [-0.3, -0.25) is 4.79 Å². The lowest BCUT2D eigenvalue weighted by Gasteiger charge is -2.03. The Morgan fingerprint density at radius 2 is 1.95 bits per heavy atom. The molecule has 0 aromatic heterocycles. The Morgan fingerprint density at radius 1 is 1.23 bits per heavy atom. The van der Waals surface area contributed by atoms with Crippen LogP contribution in [-0.4, -0.2) is 18.7 Å². The van der Waals surface area contributed by atoms with Crippen LogP contribution in [0.25, 0.3) is 0 Å². The molecule has 0 aliphatic carbocycles. The summed E-state index contributed by atoms with van der Waals surface area (Å²) in [5.74, 6) is 0.490. The Balaban J connectivity index is 1.93. The van der Waals surface area contributed by atoms with Gasteiger partial charge in [0.15, 0.2) is 0 Å². The molecule has 0 saturated heterocycles. The van der Waals surface area contributed by atoms with Gasteiger partial charge in [0, 0.05) is 4.47 Å². The van der Waals surface area contributed by atoms with Crippen molar-refractivity contribution in [2.75, 3.05) is 6.61 Å². The van der Waals surface area contributed by atoms with Crippen molar-refractivity contribution < 1.29 is 9.53 Å². The molecule has 2 rings (SSSR count). The first-order chi connectivity index (χ1) is 10.7. The Morgan fingerprint density at radius 3 is 2.64 bits per heavy atom. The van der Waals surface area contributed by atoms with Crippen molar-refractivity contribution >= 4 is 28.1 Å². The Bertz CT molecular complexity index is 681. The average Bonchev–Trinajstić information content (AvgIpc) is 2.54. The maximum absolute atomic E-state index is 11.9. The summed E-state index contributed by atoms with van der Waals surface area (Å²) in [6.07, 6.45) is 3.26. The fourth-order valence-electron chi connectivity index (χ4n) is 1.68. The van der Waals surface area contributed by atoms with Crippen molar-refractivity contribution in [3.63, 3.8) is 0 Å². The van der Waals surface area contributed by atoms with Crippen LogP contribution >= 0.6 is 15.9 Å². The van der Waals surface area contributed by atoms with Crippen LogP contribution in [0.3, 0.4) is 0 Å². The van der Waals surface area contributed by atoms with E-state index in [1.165, 1.54) is 0 Å². The van der Waals surface area contributed by atoms with Gasteiger partial charge in [0.2, 0.25) is 0 Å². The lowest BCUT2D eigenvalue weighted by molar-refractivity contribution is 0.0954. The van der Waals surface area contributed by atoms with Gasteiger partial charge >= 0.3 is 0 Å². The number of nitrogens with one attached hydrogen (secondary N) is 1. The van der Waals surface area contributed by atoms with Crippen LogP contribution in [-0.2, 0) is 0 Å². The maximum atomic E-state index is 11.9. The lowest BCUT2D eigenvalue weighted by atomic mass is 10.2. The zero-order chi connectivity index (χ0) is 15.8. The fraction of sp³-hybridized carbons (Fsp3) is 0.0588. The molecule has 1 N–H and O–H groups in total. The number of ether oxygens (including phenoxy) is 1. The number of hydrazone groups is 1. The molecule has 22 heavy (non-hydrogen) atoms. The van der Waals surface area contributed by atoms with Gasteiger partial charge in [0.25, 0.3) is 5.91 Å². The summed E-state index contributed by atoms with van der Waals surface area (Å²) in [6, 6.07) is 14.5. The zero-order valence-electron chi connectivity index (χ0n) is 11.8. The summed E-state index contributed by atoms with van der Waals surface area (Å²) < 4.78 is 6.11. The minimum atomic E-state index is -0.269. The van der Waals surface area contributed by atoms with Crippen molar-refractivity contribution in [1.29, 1.82) is 0 Å². The highest BCUT2D eigenvalue weighted by atomic mass is 79.9. The summed E-state index contributed by atoms with van der Waals surface area (Å²) in [6.45, 7) is 4.06. The number of nitrogens with zero attached hydrogens (tertiary/aromatic N) is 1.